The predicted octanol–water partition coefficient (Wildman–Crippen LogP) is 3.17. The summed E-state index contributed by atoms with van der Waals surface area (Å²) in [6.07, 6.45) is -3.61. The molecule has 0 unspecified atom stereocenters. The fourth-order valence-corrected chi connectivity index (χ4v) is 1.75. The van der Waals surface area contributed by atoms with Crippen molar-refractivity contribution in [1.82, 2.24) is 5.43 Å². The van der Waals surface area contributed by atoms with Gasteiger partial charge in [-0.25, -0.2) is 5.43 Å². The number of hydrogen-bond donors (Lipinski definition) is 2. The maximum Gasteiger partial charge on any atom is 0.417 e. The zero-order valence-electron chi connectivity index (χ0n) is 11.1. The summed E-state index contributed by atoms with van der Waals surface area (Å²) in [6.45, 7) is 0. The molecule has 0 bridgehead atoms. The van der Waals surface area contributed by atoms with Gasteiger partial charge in [-0.15, -0.1) is 0 Å². The van der Waals surface area contributed by atoms with Crippen LogP contribution >= 0.6 is 0 Å². The zero-order chi connectivity index (χ0) is 16.2. The highest BCUT2D eigenvalue weighted by molar-refractivity contribution is 5.97. The summed E-state index contributed by atoms with van der Waals surface area (Å²) in [5.74, 6) is -0.968. The van der Waals surface area contributed by atoms with Crippen LogP contribution in [-0.2, 0) is 6.18 Å². The van der Waals surface area contributed by atoms with E-state index in [-0.39, 0.29) is 16.9 Å². The monoisotopic (exact) mass is 308 g/mol. The molecule has 0 aliphatic rings. The lowest BCUT2D eigenvalue weighted by Crippen LogP contribution is -2.18. The molecule has 4 nitrogen and oxygen atoms in total. The molecule has 0 aliphatic heterocycles. The van der Waals surface area contributed by atoms with Crippen LogP contribution < -0.4 is 5.43 Å². The first-order valence-corrected chi connectivity index (χ1v) is 6.17. The van der Waals surface area contributed by atoms with Crippen LogP contribution in [0.15, 0.2) is 53.6 Å². The summed E-state index contributed by atoms with van der Waals surface area (Å²) in [5, 5.41) is 13.0. The second-order valence-electron chi connectivity index (χ2n) is 4.30. The maximum atomic E-state index is 12.8. The van der Waals surface area contributed by atoms with Crippen LogP contribution in [0.4, 0.5) is 13.2 Å². The van der Waals surface area contributed by atoms with Crippen LogP contribution in [0.3, 0.4) is 0 Å². The predicted molar refractivity (Wildman–Crippen MR) is 74.6 cm³/mol. The highest BCUT2D eigenvalue weighted by Crippen LogP contribution is 2.31. The van der Waals surface area contributed by atoms with Crippen LogP contribution in [0, 0.1) is 0 Å². The molecule has 0 saturated carbocycles. The van der Waals surface area contributed by atoms with Crippen molar-refractivity contribution in [3.63, 3.8) is 0 Å². The summed E-state index contributed by atoms with van der Waals surface area (Å²) in [4.78, 5) is 11.7. The second-order valence-corrected chi connectivity index (χ2v) is 4.30. The molecule has 0 aromatic heterocycles. The number of aromatic hydroxyl groups is 1. The van der Waals surface area contributed by atoms with Gasteiger partial charge in [0.05, 0.1) is 17.3 Å². The number of para-hydroxylation sites is 1. The van der Waals surface area contributed by atoms with Gasteiger partial charge in [-0.05, 0) is 18.2 Å². The number of carbonyl (C=O) groups excluding carboxylic acids is 1. The number of hydrazone groups is 1. The van der Waals surface area contributed by atoms with Gasteiger partial charge in [-0.3, -0.25) is 4.79 Å². The highest BCUT2D eigenvalue weighted by atomic mass is 19.4. The Kier molecular flexibility index (Phi) is 4.45. The van der Waals surface area contributed by atoms with Crippen molar-refractivity contribution in [1.29, 1.82) is 0 Å². The summed E-state index contributed by atoms with van der Waals surface area (Å²) in [7, 11) is 0. The molecule has 7 heteroatoms. The molecule has 2 N–H and O–H groups in total. The van der Waals surface area contributed by atoms with Crippen molar-refractivity contribution in [3.05, 3.63) is 65.2 Å². The molecular formula is C15H11F3N2O2. The number of nitrogens with one attached hydrogen (secondary N) is 1. The lowest BCUT2D eigenvalue weighted by atomic mass is 10.1. The summed E-state index contributed by atoms with van der Waals surface area (Å²) < 4.78 is 38.3. The van der Waals surface area contributed by atoms with Crippen LogP contribution in [0.1, 0.15) is 21.5 Å². The molecule has 0 radical (unpaired) electrons. The molecule has 1 amide bonds. The number of benzene rings is 2. The average Bonchev–Trinajstić information content (AvgIpc) is 2.47. The van der Waals surface area contributed by atoms with Crippen molar-refractivity contribution < 1.29 is 23.1 Å². The lowest BCUT2D eigenvalue weighted by Gasteiger charge is -2.09. The first-order chi connectivity index (χ1) is 10.4. The fraction of sp³-hybridized carbons (Fsp3) is 0.0667. The van der Waals surface area contributed by atoms with Gasteiger partial charge in [0.25, 0.3) is 5.91 Å². The van der Waals surface area contributed by atoms with Gasteiger partial charge in [0.2, 0.25) is 0 Å². The van der Waals surface area contributed by atoms with E-state index in [2.05, 4.69) is 10.5 Å². The Balaban J connectivity index is 2.14. The van der Waals surface area contributed by atoms with Gasteiger partial charge in [0.1, 0.15) is 5.75 Å². The molecule has 0 aliphatic carbocycles. The maximum absolute atomic E-state index is 12.8. The number of phenolic OH excluding ortho intramolecular Hbond substituents is 1. The third-order valence-electron chi connectivity index (χ3n) is 2.78. The van der Waals surface area contributed by atoms with Crippen molar-refractivity contribution in [3.8, 4) is 5.75 Å². The van der Waals surface area contributed by atoms with Crippen LogP contribution in [0.5, 0.6) is 5.75 Å². The number of phenols is 1. The zero-order valence-corrected chi connectivity index (χ0v) is 11.1. The number of nitrogens with zero attached hydrogens (tertiary/aromatic N) is 1. The highest BCUT2D eigenvalue weighted by Gasteiger charge is 2.32. The molecule has 2 aromatic rings. The van der Waals surface area contributed by atoms with Crippen molar-refractivity contribution in [2.75, 3.05) is 0 Å². The Hall–Kier alpha value is -2.83. The van der Waals surface area contributed by atoms with E-state index in [0.29, 0.717) is 0 Å². The van der Waals surface area contributed by atoms with Gasteiger partial charge < -0.3 is 5.11 Å². The Morgan fingerprint density at radius 1 is 1.09 bits per heavy atom. The molecule has 0 saturated heterocycles. The van der Waals surface area contributed by atoms with Gasteiger partial charge in [0.15, 0.2) is 0 Å². The smallest absolute Gasteiger partial charge is 0.417 e. The minimum atomic E-state index is -4.51. The minimum Gasteiger partial charge on any atom is -0.507 e. The van der Waals surface area contributed by atoms with E-state index in [1.807, 2.05) is 0 Å². The van der Waals surface area contributed by atoms with E-state index in [1.54, 1.807) is 0 Å². The van der Waals surface area contributed by atoms with Crippen LogP contribution in [0.25, 0.3) is 0 Å². The van der Waals surface area contributed by atoms with E-state index in [1.165, 1.54) is 42.5 Å². The number of hydrogen-bond acceptors (Lipinski definition) is 3. The lowest BCUT2D eigenvalue weighted by molar-refractivity contribution is -0.137. The number of halogens is 3. The molecule has 2 rings (SSSR count). The molecule has 0 spiro atoms. The van der Waals surface area contributed by atoms with Crippen molar-refractivity contribution >= 4 is 12.1 Å². The van der Waals surface area contributed by atoms with Crippen LogP contribution in [0.2, 0.25) is 0 Å². The number of carbonyl (C=O) groups is 1. The Labute approximate surface area is 123 Å². The van der Waals surface area contributed by atoms with Gasteiger partial charge >= 0.3 is 6.18 Å². The SMILES string of the molecule is O=C(NN=Cc1ccccc1C(F)(F)F)c1ccccc1O. The van der Waals surface area contributed by atoms with Gasteiger partial charge in [-0.2, -0.15) is 18.3 Å². The normalized spacial score (nSPS) is 11.6. The van der Waals surface area contributed by atoms with Crippen molar-refractivity contribution in [2.45, 2.75) is 6.18 Å². The first-order valence-electron chi connectivity index (χ1n) is 6.17. The van der Waals surface area contributed by atoms with E-state index < -0.39 is 17.6 Å². The minimum absolute atomic E-state index is 0.0243. The van der Waals surface area contributed by atoms with E-state index in [9.17, 15) is 23.1 Å². The number of alkyl halides is 3. The van der Waals surface area contributed by atoms with Gasteiger partial charge in [0, 0.05) is 5.56 Å². The van der Waals surface area contributed by atoms with Gasteiger partial charge in [-0.1, -0.05) is 30.3 Å². The van der Waals surface area contributed by atoms with Crippen molar-refractivity contribution in [2.24, 2.45) is 5.10 Å². The Bertz CT molecular complexity index is 712. The largest absolute Gasteiger partial charge is 0.507 e. The summed E-state index contributed by atoms with van der Waals surface area (Å²) >= 11 is 0. The van der Waals surface area contributed by atoms with Crippen LogP contribution in [-0.4, -0.2) is 17.2 Å². The molecule has 0 fully saturated rings. The summed E-state index contributed by atoms with van der Waals surface area (Å²) in [5.41, 5.74) is 1.02. The van der Waals surface area contributed by atoms with E-state index in [4.69, 9.17) is 0 Å². The number of rotatable bonds is 3. The topological polar surface area (TPSA) is 61.7 Å². The van der Waals surface area contributed by atoms with E-state index in [0.717, 1.165) is 12.3 Å². The Morgan fingerprint density at radius 2 is 1.73 bits per heavy atom. The summed E-state index contributed by atoms with van der Waals surface area (Å²) in [6, 6.07) is 10.6. The molecular weight excluding hydrogens is 297 g/mol. The number of amides is 1. The first kappa shape index (κ1) is 15.6. The average molecular weight is 308 g/mol. The molecule has 2 aromatic carbocycles. The molecule has 0 heterocycles. The molecule has 22 heavy (non-hydrogen) atoms. The molecule has 0 atom stereocenters. The third-order valence-corrected chi connectivity index (χ3v) is 2.78. The third kappa shape index (κ3) is 3.63. The standard InChI is InChI=1S/C15H11F3N2O2/c16-15(17,18)12-7-3-1-5-10(12)9-19-20-14(22)11-6-2-4-8-13(11)21/h1-9,21H,(H,20,22). The quantitative estimate of drug-likeness (QED) is 0.676. The second kappa shape index (κ2) is 6.30. The van der Waals surface area contributed by atoms with E-state index >= 15 is 0 Å². The molecule has 114 valence electrons. The fourth-order valence-electron chi connectivity index (χ4n) is 1.75. The Morgan fingerprint density at radius 3 is 2.41 bits per heavy atom.